The zero-order valence-corrected chi connectivity index (χ0v) is 12.0. The quantitative estimate of drug-likeness (QED) is 0.802. The molecule has 0 fully saturated rings. The Morgan fingerprint density at radius 2 is 2.00 bits per heavy atom. The lowest BCUT2D eigenvalue weighted by Gasteiger charge is -2.10. The van der Waals surface area contributed by atoms with Crippen molar-refractivity contribution in [3.63, 3.8) is 0 Å². The van der Waals surface area contributed by atoms with Gasteiger partial charge in [0.25, 0.3) is 0 Å². The molecule has 1 rings (SSSR count). The third kappa shape index (κ3) is 5.40. The molecule has 0 aromatic carbocycles. The molecule has 0 aliphatic carbocycles. The Bertz CT molecular complexity index is 517. The van der Waals surface area contributed by atoms with E-state index in [-0.39, 0.29) is 28.6 Å². The van der Waals surface area contributed by atoms with E-state index in [1.165, 1.54) is 25.1 Å². The van der Waals surface area contributed by atoms with Gasteiger partial charge < -0.3 is 9.84 Å². The zero-order valence-electron chi connectivity index (χ0n) is 11.2. The molecule has 0 aliphatic rings. The van der Waals surface area contributed by atoms with E-state index in [0.29, 0.717) is 12.2 Å². The van der Waals surface area contributed by atoms with Gasteiger partial charge in [0.15, 0.2) is 0 Å². The Labute approximate surface area is 120 Å². The highest BCUT2D eigenvalue weighted by Crippen LogP contribution is 2.14. The molecule has 0 radical (unpaired) electrons. The molecule has 0 saturated carbocycles. The molecule has 1 aromatic heterocycles. The second-order valence-electron chi connectivity index (χ2n) is 4.06. The number of aromatic carboxylic acids is 1. The fourth-order valence-electron chi connectivity index (χ4n) is 1.40. The van der Waals surface area contributed by atoms with Gasteiger partial charge in [-0.3, -0.25) is 9.59 Å². The predicted octanol–water partition coefficient (Wildman–Crippen LogP) is 1.99. The number of carboxylic acids is 1. The molecule has 1 N–H and O–H groups in total. The average Bonchev–Trinajstić information content (AvgIpc) is 2.37. The number of thioether (sulfide) groups is 1. The smallest absolute Gasteiger partial charge is 0.354 e. The number of ether oxygens (including phenoxy) is 1. The van der Waals surface area contributed by atoms with Gasteiger partial charge in [0.2, 0.25) is 5.12 Å². The molecule has 1 unspecified atom stereocenters. The summed E-state index contributed by atoms with van der Waals surface area (Å²) in [6.45, 7) is 3.08. The summed E-state index contributed by atoms with van der Waals surface area (Å²) in [5.74, 6) is -1.07. The van der Waals surface area contributed by atoms with Crippen LogP contribution in [0.1, 0.15) is 41.2 Å². The minimum absolute atomic E-state index is 0.107. The second-order valence-corrected chi connectivity index (χ2v) is 5.13. The lowest BCUT2D eigenvalue weighted by molar-refractivity contribution is -0.145. The van der Waals surface area contributed by atoms with Crippen molar-refractivity contribution in [1.82, 2.24) is 4.98 Å². The maximum atomic E-state index is 11.8. The first-order chi connectivity index (χ1) is 9.40. The number of rotatable bonds is 6. The van der Waals surface area contributed by atoms with E-state index in [1.807, 2.05) is 0 Å². The van der Waals surface area contributed by atoms with Gasteiger partial charge in [-0.15, -0.1) is 0 Å². The summed E-state index contributed by atoms with van der Waals surface area (Å²) < 4.78 is 4.93. The number of pyridine rings is 1. The number of carbonyl (C=O) groups is 3. The van der Waals surface area contributed by atoms with Crippen molar-refractivity contribution >= 4 is 28.8 Å². The molecule has 0 bridgehead atoms. The Morgan fingerprint density at radius 1 is 1.35 bits per heavy atom. The largest absolute Gasteiger partial charge is 0.477 e. The summed E-state index contributed by atoms with van der Waals surface area (Å²) in [4.78, 5) is 37.1. The van der Waals surface area contributed by atoms with Gasteiger partial charge in [0, 0.05) is 12.7 Å². The van der Waals surface area contributed by atoms with Crippen LogP contribution < -0.4 is 0 Å². The summed E-state index contributed by atoms with van der Waals surface area (Å²) >= 11 is 1.02. The molecule has 20 heavy (non-hydrogen) atoms. The first-order valence-corrected chi connectivity index (χ1v) is 6.93. The highest BCUT2D eigenvalue weighted by molar-refractivity contribution is 8.14. The van der Waals surface area contributed by atoms with E-state index in [9.17, 15) is 14.4 Å². The van der Waals surface area contributed by atoms with Crippen molar-refractivity contribution in [2.24, 2.45) is 0 Å². The SMILES string of the molecule is CC(=O)OC(C)CCSC(=O)c1cccc(C(=O)O)n1. The average molecular weight is 297 g/mol. The van der Waals surface area contributed by atoms with Crippen LogP contribution in [0.4, 0.5) is 0 Å². The van der Waals surface area contributed by atoms with Gasteiger partial charge in [-0.25, -0.2) is 9.78 Å². The molecule has 108 valence electrons. The highest BCUT2D eigenvalue weighted by Gasteiger charge is 2.13. The van der Waals surface area contributed by atoms with E-state index >= 15 is 0 Å². The van der Waals surface area contributed by atoms with Gasteiger partial charge in [0.1, 0.15) is 11.4 Å². The van der Waals surface area contributed by atoms with Gasteiger partial charge in [0.05, 0.1) is 6.10 Å². The van der Waals surface area contributed by atoms with E-state index in [4.69, 9.17) is 9.84 Å². The van der Waals surface area contributed by atoms with Crippen LogP contribution in [0.25, 0.3) is 0 Å². The molecule has 0 saturated heterocycles. The second kappa shape index (κ2) is 7.64. The summed E-state index contributed by atoms with van der Waals surface area (Å²) in [7, 11) is 0. The third-order valence-corrected chi connectivity index (χ3v) is 3.21. The van der Waals surface area contributed by atoms with E-state index in [2.05, 4.69) is 4.98 Å². The van der Waals surface area contributed by atoms with Crippen LogP contribution in [0, 0.1) is 0 Å². The molecular weight excluding hydrogens is 282 g/mol. The van der Waals surface area contributed by atoms with Crippen LogP contribution in [0.5, 0.6) is 0 Å². The van der Waals surface area contributed by atoms with Crippen LogP contribution >= 0.6 is 11.8 Å². The van der Waals surface area contributed by atoms with Crippen molar-refractivity contribution in [1.29, 1.82) is 0 Å². The van der Waals surface area contributed by atoms with Gasteiger partial charge in [-0.1, -0.05) is 17.8 Å². The van der Waals surface area contributed by atoms with Gasteiger partial charge in [-0.2, -0.15) is 0 Å². The summed E-state index contributed by atoms with van der Waals surface area (Å²) in [6, 6.07) is 4.27. The molecule has 1 aromatic rings. The van der Waals surface area contributed by atoms with Crippen LogP contribution in [-0.4, -0.2) is 39.0 Å². The van der Waals surface area contributed by atoms with E-state index in [0.717, 1.165) is 11.8 Å². The van der Waals surface area contributed by atoms with Crippen molar-refractivity contribution in [2.75, 3.05) is 5.75 Å². The zero-order chi connectivity index (χ0) is 15.1. The fraction of sp³-hybridized carbons (Fsp3) is 0.385. The molecule has 1 atom stereocenters. The van der Waals surface area contributed by atoms with Crippen LogP contribution in [-0.2, 0) is 9.53 Å². The fourth-order valence-corrected chi connectivity index (χ4v) is 2.30. The molecule has 1 heterocycles. The summed E-state index contributed by atoms with van der Waals surface area (Å²) in [6.07, 6.45) is 0.278. The number of carboxylic acid groups (broad SMARTS) is 1. The molecule has 0 spiro atoms. The minimum atomic E-state index is -1.17. The predicted molar refractivity (Wildman–Crippen MR) is 73.8 cm³/mol. The number of nitrogens with zero attached hydrogens (tertiary/aromatic N) is 1. The Hall–Kier alpha value is -1.89. The van der Waals surface area contributed by atoms with E-state index in [1.54, 1.807) is 6.92 Å². The van der Waals surface area contributed by atoms with Crippen molar-refractivity contribution < 1.29 is 24.2 Å². The Kier molecular flexibility index (Phi) is 6.17. The molecular formula is C13H15NO5S. The first kappa shape index (κ1) is 16.2. The lowest BCUT2D eigenvalue weighted by atomic mass is 10.3. The van der Waals surface area contributed by atoms with Crippen molar-refractivity contribution in [2.45, 2.75) is 26.4 Å². The molecule has 0 aliphatic heterocycles. The van der Waals surface area contributed by atoms with Crippen LogP contribution in [0.2, 0.25) is 0 Å². The van der Waals surface area contributed by atoms with E-state index < -0.39 is 5.97 Å². The number of hydrogen-bond acceptors (Lipinski definition) is 6. The monoisotopic (exact) mass is 297 g/mol. The first-order valence-electron chi connectivity index (χ1n) is 5.95. The number of carbonyl (C=O) groups excluding carboxylic acids is 2. The molecule has 6 nitrogen and oxygen atoms in total. The van der Waals surface area contributed by atoms with Gasteiger partial charge in [-0.05, 0) is 25.5 Å². The Morgan fingerprint density at radius 3 is 2.60 bits per heavy atom. The number of aromatic nitrogens is 1. The van der Waals surface area contributed by atoms with Crippen molar-refractivity contribution in [3.05, 3.63) is 29.6 Å². The standard InChI is InChI=1S/C13H15NO5S/c1-8(19-9(2)15)6-7-20-13(18)11-5-3-4-10(14-11)12(16)17/h3-5,8H,6-7H2,1-2H3,(H,16,17). The maximum Gasteiger partial charge on any atom is 0.354 e. The minimum Gasteiger partial charge on any atom is -0.477 e. The highest BCUT2D eigenvalue weighted by atomic mass is 32.2. The normalized spacial score (nSPS) is 11.7. The number of esters is 1. The van der Waals surface area contributed by atoms with Crippen LogP contribution in [0.3, 0.4) is 0 Å². The number of hydrogen-bond donors (Lipinski definition) is 1. The maximum absolute atomic E-state index is 11.8. The Balaban J connectivity index is 2.49. The van der Waals surface area contributed by atoms with Crippen molar-refractivity contribution in [3.8, 4) is 0 Å². The van der Waals surface area contributed by atoms with Crippen LogP contribution in [0.15, 0.2) is 18.2 Å². The molecule has 7 heteroatoms. The topological polar surface area (TPSA) is 93.6 Å². The third-order valence-electron chi connectivity index (χ3n) is 2.30. The summed E-state index contributed by atoms with van der Waals surface area (Å²) in [5, 5.41) is 8.49. The summed E-state index contributed by atoms with van der Waals surface area (Å²) in [5.41, 5.74) is -0.0558. The molecule has 0 amide bonds. The van der Waals surface area contributed by atoms with Gasteiger partial charge >= 0.3 is 11.9 Å². The lowest BCUT2D eigenvalue weighted by Crippen LogP contribution is -2.13.